The first kappa shape index (κ1) is 6.73. The van der Waals surface area contributed by atoms with E-state index in [4.69, 9.17) is 14.6 Å². The Kier molecular flexibility index (Phi) is 1.58. The largest absolute Gasteiger partial charge is 0.458 e. The second-order valence-corrected chi connectivity index (χ2v) is 2.65. The van der Waals surface area contributed by atoms with Crippen LogP contribution in [0.5, 0.6) is 0 Å². The summed E-state index contributed by atoms with van der Waals surface area (Å²) < 4.78 is 10.4. The van der Waals surface area contributed by atoms with Crippen molar-refractivity contribution in [3.63, 3.8) is 0 Å². The summed E-state index contributed by atoms with van der Waals surface area (Å²) in [6.07, 6.45) is 3.48. The second-order valence-electron chi connectivity index (χ2n) is 2.65. The maximum Gasteiger partial charge on any atom is 0.230 e. The molecule has 0 fully saturated rings. The Bertz CT molecular complexity index is 227. The molecule has 0 radical (unpaired) electrons. The highest BCUT2D eigenvalue weighted by Gasteiger charge is 2.21. The van der Waals surface area contributed by atoms with Crippen LogP contribution in [-0.4, -0.2) is 18.5 Å². The number of aliphatic hydroxyl groups is 1. The van der Waals surface area contributed by atoms with Gasteiger partial charge in [0, 0.05) is 12.8 Å². The zero-order chi connectivity index (χ0) is 7.68. The minimum absolute atomic E-state index is 0.125. The van der Waals surface area contributed by atoms with Crippen molar-refractivity contribution < 1.29 is 14.6 Å². The Morgan fingerprint density at radius 2 is 2.18 bits per heavy atom. The van der Waals surface area contributed by atoms with Crippen molar-refractivity contribution >= 4 is 0 Å². The van der Waals surface area contributed by atoms with E-state index < -0.39 is 0 Å². The molecule has 0 unspecified atom stereocenters. The molecule has 2 rings (SSSR count). The molecule has 11 heavy (non-hydrogen) atoms. The minimum Gasteiger partial charge on any atom is -0.458 e. The lowest BCUT2D eigenvalue weighted by Crippen LogP contribution is -2.00. The molecule has 0 aromatic heterocycles. The Balaban J connectivity index is 2.10. The third kappa shape index (κ3) is 1.12. The molecule has 0 aromatic carbocycles. The fraction of sp³-hybridized carbons (Fsp3) is 0.500. The lowest BCUT2D eigenvalue weighted by atomic mass is 10.0. The van der Waals surface area contributed by atoms with Crippen molar-refractivity contribution in [2.24, 2.45) is 0 Å². The van der Waals surface area contributed by atoms with Crippen LogP contribution in [-0.2, 0) is 9.47 Å². The van der Waals surface area contributed by atoms with Gasteiger partial charge in [0.1, 0.15) is 11.5 Å². The summed E-state index contributed by atoms with van der Waals surface area (Å²) in [7, 11) is 0. The van der Waals surface area contributed by atoms with Gasteiger partial charge in [0.25, 0.3) is 0 Å². The van der Waals surface area contributed by atoms with E-state index in [1.807, 2.05) is 6.08 Å². The number of aliphatic hydroxyl groups excluding tert-OH is 1. The van der Waals surface area contributed by atoms with Crippen LogP contribution < -0.4 is 0 Å². The monoisotopic (exact) mass is 154 g/mol. The number of hydrogen-bond acceptors (Lipinski definition) is 3. The smallest absolute Gasteiger partial charge is 0.230 e. The van der Waals surface area contributed by atoms with Crippen LogP contribution in [0, 0.1) is 0 Å². The van der Waals surface area contributed by atoms with Crippen molar-refractivity contribution in [3.05, 3.63) is 23.2 Å². The molecule has 0 saturated heterocycles. The first-order valence-electron chi connectivity index (χ1n) is 3.66. The first-order chi connectivity index (χ1) is 5.40. The third-order valence-corrected chi connectivity index (χ3v) is 1.94. The minimum atomic E-state index is 0.125. The van der Waals surface area contributed by atoms with Gasteiger partial charge in [-0.2, -0.15) is 0 Å². The maximum absolute atomic E-state index is 8.82. The van der Waals surface area contributed by atoms with Crippen LogP contribution in [0.25, 0.3) is 0 Å². The zero-order valence-electron chi connectivity index (χ0n) is 6.17. The fourth-order valence-corrected chi connectivity index (χ4v) is 1.29. The predicted molar refractivity (Wildman–Crippen MR) is 38.5 cm³/mol. The van der Waals surface area contributed by atoms with Crippen molar-refractivity contribution in [1.82, 2.24) is 0 Å². The number of ether oxygens (including phenoxy) is 2. The molecule has 60 valence electrons. The Labute approximate surface area is 64.9 Å². The molecule has 0 aromatic rings. The number of allylic oxidation sites excluding steroid dienone is 2. The summed E-state index contributed by atoms with van der Waals surface area (Å²) in [4.78, 5) is 0. The molecule has 0 amide bonds. The average molecular weight is 154 g/mol. The topological polar surface area (TPSA) is 38.7 Å². The molecule has 1 N–H and O–H groups in total. The lowest BCUT2D eigenvalue weighted by molar-refractivity contribution is 0.0696. The zero-order valence-corrected chi connectivity index (χ0v) is 6.17. The van der Waals surface area contributed by atoms with Crippen LogP contribution in [0.15, 0.2) is 23.2 Å². The SMILES string of the molecule is OCC1=CCC2=C(C1)OCO2. The Morgan fingerprint density at radius 3 is 3.00 bits per heavy atom. The van der Waals surface area contributed by atoms with Gasteiger partial charge in [0.15, 0.2) is 0 Å². The normalized spacial score (nSPS) is 22.1. The van der Waals surface area contributed by atoms with Crippen LogP contribution in [0.1, 0.15) is 12.8 Å². The molecule has 1 heterocycles. The van der Waals surface area contributed by atoms with E-state index in [0.717, 1.165) is 23.5 Å². The second kappa shape index (κ2) is 2.58. The predicted octanol–water partition coefficient (Wildman–Crippen LogP) is 0.915. The maximum atomic E-state index is 8.82. The molecule has 2 aliphatic rings. The van der Waals surface area contributed by atoms with Crippen molar-refractivity contribution in [3.8, 4) is 0 Å². The van der Waals surface area contributed by atoms with Crippen molar-refractivity contribution in [1.29, 1.82) is 0 Å². The van der Waals surface area contributed by atoms with Gasteiger partial charge in [0.05, 0.1) is 6.61 Å². The van der Waals surface area contributed by atoms with Gasteiger partial charge in [0.2, 0.25) is 6.79 Å². The molecule has 1 aliphatic carbocycles. The van der Waals surface area contributed by atoms with Gasteiger partial charge in [-0.3, -0.25) is 0 Å². The quantitative estimate of drug-likeness (QED) is 0.570. The van der Waals surface area contributed by atoms with Crippen LogP contribution in [0.2, 0.25) is 0 Å². The highest BCUT2D eigenvalue weighted by molar-refractivity contribution is 5.23. The van der Waals surface area contributed by atoms with Crippen molar-refractivity contribution in [2.45, 2.75) is 12.8 Å². The average Bonchev–Trinajstić information content (AvgIpc) is 2.50. The van der Waals surface area contributed by atoms with E-state index in [1.54, 1.807) is 0 Å². The van der Waals surface area contributed by atoms with E-state index in [9.17, 15) is 0 Å². The fourth-order valence-electron chi connectivity index (χ4n) is 1.29. The number of rotatable bonds is 1. The highest BCUT2D eigenvalue weighted by Crippen LogP contribution is 2.29. The molecule has 0 saturated carbocycles. The molecular formula is C8H10O3. The van der Waals surface area contributed by atoms with E-state index in [-0.39, 0.29) is 6.61 Å². The van der Waals surface area contributed by atoms with Crippen LogP contribution in [0.3, 0.4) is 0 Å². The van der Waals surface area contributed by atoms with Gasteiger partial charge in [-0.15, -0.1) is 0 Å². The molecule has 0 spiro atoms. The van der Waals surface area contributed by atoms with Gasteiger partial charge < -0.3 is 14.6 Å². The standard InChI is InChI=1S/C8H10O3/c9-4-6-1-2-7-8(3-6)11-5-10-7/h1,9H,2-5H2. The molecule has 3 heteroatoms. The highest BCUT2D eigenvalue weighted by atomic mass is 16.7. The summed E-state index contributed by atoms with van der Waals surface area (Å²) >= 11 is 0. The summed E-state index contributed by atoms with van der Waals surface area (Å²) in [5.41, 5.74) is 1.02. The first-order valence-corrected chi connectivity index (χ1v) is 3.66. The lowest BCUT2D eigenvalue weighted by Gasteiger charge is -2.09. The third-order valence-electron chi connectivity index (χ3n) is 1.94. The van der Waals surface area contributed by atoms with Gasteiger partial charge in [-0.1, -0.05) is 6.08 Å². The van der Waals surface area contributed by atoms with Gasteiger partial charge >= 0.3 is 0 Å². The Hall–Kier alpha value is -0.960. The van der Waals surface area contributed by atoms with Crippen molar-refractivity contribution in [2.75, 3.05) is 13.4 Å². The molecule has 1 aliphatic heterocycles. The van der Waals surface area contributed by atoms with Crippen LogP contribution >= 0.6 is 0 Å². The molecular weight excluding hydrogens is 144 g/mol. The van der Waals surface area contributed by atoms with E-state index in [2.05, 4.69) is 0 Å². The van der Waals surface area contributed by atoms with Crippen LogP contribution in [0.4, 0.5) is 0 Å². The van der Waals surface area contributed by atoms with E-state index in [1.165, 1.54) is 0 Å². The molecule has 3 nitrogen and oxygen atoms in total. The van der Waals surface area contributed by atoms with E-state index >= 15 is 0 Å². The number of hydrogen-bond donors (Lipinski definition) is 1. The van der Waals surface area contributed by atoms with Gasteiger partial charge in [-0.05, 0) is 5.57 Å². The van der Waals surface area contributed by atoms with E-state index in [0.29, 0.717) is 13.2 Å². The Morgan fingerprint density at radius 1 is 1.36 bits per heavy atom. The van der Waals surface area contributed by atoms with Gasteiger partial charge in [-0.25, -0.2) is 0 Å². The summed E-state index contributed by atoms with van der Waals surface area (Å²) in [5, 5.41) is 8.82. The molecule has 0 bridgehead atoms. The molecule has 0 atom stereocenters. The summed E-state index contributed by atoms with van der Waals surface area (Å²) in [6.45, 7) is 0.470. The summed E-state index contributed by atoms with van der Waals surface area (Å²) in [5.74, 6) is 1.83. The summed E-state index contributed by atoms with van der Waals surface area (Å²) in [6, 6.07) is 0.